The lowest BCUT2D eigenvalue weighted by Gasteiger charge is -2.10. The molecule has 0 unspecified atom stereocenters. The van der Waals surface area contributed by atoms with Crippen molar-refractivity contribution in [1.82, 2.24) is 9.97 Å². The number of nitrogens with one attached hydrogen (secondary N) is 1. The molecule has 2 rings (SSSR count). The highest BCUT2D eigenvalue weighted by molar-refractivity contribution is 6.30. The van der Waals surface area contributed by atoms with E-state index < -0.39 is 4.92 Å². The van der Waals surface area contributed by atoms with Gasteiger partial charge in [0.05, 0.1) is 4.92 Å². The molecule has 0 aliphatic carbocycles. The van der Waals surface area contributed by atoms with Gasteiger partial charge in [-0.1, -0.05) is 30.7 Å². The van der Waals surface area contributed by atoms with Crippen molar-refractivity contribution in [3.05, 3.63) is 57.0 Å². The van der Waals surface area contributed by atoms with E-state index in [2.05, 4.69) is 15.3 Å². The van der Waals surface area contributed by atoms with E-state index in [-0.39, 0.29) is 5.69 Å². The number of non-ortho nitro benzene ring substituents is 1. The summed E-state index contributed by atoms with van der Waals surface area (Å²) in [5.74, 6) is 0.652. The van der Waals surface area contributed by atoms with Gasteiger partial charge in [0.1, 0.15) is 17.3 Å². The van der Waals surface area contributed by atoms with Gasteiger partial charge in [0, 0.05) is 24.2 Å². The molecule has 20 heavy (non-hydrogen) atoms. The molecule has 0 spiro atoms. The van der Waals surface area contributed by atoms with Crippen LogP contribution in [0.5, 0.6) is 0 Å². The number of nitrogens with zero attached hydrogens (tertiary/aromatic N) is 3. The molecule has 2 aromatic rings. The van der Waals surface area contributed by atoms with Crippen molar-refractivity contribution in [2.75, 3.05) is 5.32 Å². The van der Waals surface area contributed by atoms with Gasteiger partial charge in [-0.05, 0) is 12.0 Å². The van der Waals surface area contributed by atoms with E-state index in [1.165, 1.54) is 18.5 Å². The third kappa shape index (κ3) is 3.21. The van der Waals surface area contributed by atoms with E-state index in [4.69, 9.17) is 11.6 Å². The maximum Gasteiger partial charge on any atom is 0.269 e. The normalized spacial score (nSPS) is 10.3. The molecular formula is C13H13ClN4O2. The largest absolute Gasteiger partial charge is 0.366 e. The van der Waals surface area contributed by atoms with Gasteiger partial charge in [-0.3, -0.25) is 10.1 Å². The molecule has 0 saturated heterocycles. The van der Waals surface area contributed by atoms with Crippen molar-refractivity contribution >= 4 is 23.1 Å². The van der Waals surface area contributed by atoms with E-state index in [9.17, 15) is 10.1 Å². The molecule has 1 N–H and O–H groups in total. The van der Waals surface area contributed by atoms with Crippen molar-refractivity contribution in [2.24, 2.45) is 0 Å². The van der Waals surface area contributed by atoms with Crippen molar-refractivity contribution in [3.8, 4) is 0 Å². The van der Waals surface area contributed by atoms with Crippen molar-refractivity contribution in [2.45, 2.75) is 19.9 Å². The second-order valence-electron chi connectivity index (χ2n) is 4.13. The van der Waals surface area contributed by atoms with Crippen LogP contribution in [0, 0.1) is 10.1 Å². The minimum Gasteiger partial charge on any atom is -0.366 e. The molecule has 7 heteroatoms. The van der Waals surface area contributed by atoms with Crippen LogP contribution in [0.1, 0.15) is 18.1 Å². The molecule has 0 fully saturated rings. The molecule has 0 amide bonds. The molecule has 0 radical (unpaired) electrons. The second kappa shape index (κ2) is 6.29. The van der Waals surface area contributed by atoms with Gasteiger partial charge in [-0.25, -0.2) is 9.97 Å². The molecule has 6 nitrogen and oxygen atoms in total. The maximum atomic E-state index is 10.7. The monoisotopic (exact) mass is 292 g/mol. The molecular weight excluding hydrogens is 280 g/mol. The first-order chi connectivity index (χ1) is 9.61. The first kappa shape index (κ1) is 14.2. The number of hydrogen-bond acceptors (Lipinski definition) is 5. The van der Waals surface area contributed by atoms with E-state index in [0.717, 1.165) is 11.1 Å². The number of hydrogen-bond donors (Lipinski definition) is 1. The number of benzene rings is 1. The molecule has 0 saturated carbocycles. The summed E-state index contributed by atoms with van der Waals surface area (Å²) in [7, 11) is 0. The number of nitro benzene ring substituents is 1. The number of aromatic nitrogens is 2. The predicted octanol–water partition coefficient (Wildman–Crippen LogP) is 3.21. The van der Waals surface area contributed by atoms with Crippen LogP contribution in [0.3, 0.4) is 0 Å². The summed E-state index contributed by atoms with van der Waals surface area (Å²) in [4.78, 5) is 18.4. The quantitative estimate of drug-likeness (QED) is 0.520. The first-order valence-corrected chi connectivity index (χ1v) is 6.46. The Kier molecular flexibility index (Phi) is 4.47. The van der Waals surface area contributed by atoms with Crippen LogP contribution < -0.4 is 5.32 Å². The molecule has 1 heterocycles. The summed E-state index contributed by atoms with van der Waals surface area (Å²) >= 11 is 6.00. The van der Waals surface area contributed by atoms with Gasteiger partial charge in [0.15, 0.2) is 0 Å². The Hall–Kier alpha value is -2.21. The Morgan fingerprint density at radius 1 is 1.40 bits per heavy atom. The van der Waals surface area contributed by atoms with Crippen LogP contribution in [0.15, 0.2) is 30.6 Å². The number of nitro groups is 1. The van der Waals surface area contributed by atoms with Gasteiger partial charge in [-0.2, -0.15) is 0 Å². The topological polar surface area (TPSA) is 81.0 Å². The molecule has 0 aliphatic heterocycles. The zero-order valence-electron chi connectivity index (χ0n) is 10.8. The highest BCUT2D eigenvalue weighted by Gasteiger charge is 2.09. The molecule has 0 atom stereocenters. The smallest absolute Gasteiger partial charge is 0.269 e. The molecule has 0 bridgehead atoms. The van der Waals surface area contributed by atoms with E-state index in [1.807, 2.05) is 13.0 Å². The fraction of sp³-hybridized carbons (Fsp3) is 0.231. The van der Waals surface area contributed by atoms with Gasteiger partial charge >= 0.3 is 0 Å². The zero-order valence-corrected chi connectivity index (χ0v) is 11.6. The molecule has 1 aromatic carbocycles. The second-order valence-corrected chi connectivity index (χ2v) is 4.48. The third-order valence-corrected chi connectivity index (χ3v) is 3.15. The van der Waals surface area contributed by atoms with Crippen LogP contribution in [0.4, 0.5) is 11.5 Å². The zero-order chi connectivity index (χ0) is 14.5. The fourth-order valence-corrected chi connectivity index (χ4v) is 2.09. The van der Waals surface area contributed by atoms with E-state index in [1.54, 1.807) is 6.07 Å². The number of rotatable bonds is 5. The minimum atomic E-state index is -0.414. The number of anilines is 1. The van der Waals surface area contributed by atoms with E-state index >= 15 is 0 Å². The van der Waals surface area contributed by atoms with Crippen LogP contribution in [-0.2, 0) is 13.0 Å². The lowest BCUT2D eigenvalue weighted by atomic mass is 10.2. The summed E-state index contributed by atoms with van der Waals surface area (Å²) in [6, 6.07) is 6.46. The SMILES string of the molecule is CCc1c(Cl)ncnc1NCc1cccc([N+](=O)[O-])c1. The summed E-state index contributed by atoms with van der Waals surface area (Å²) in [6.07, 6.45) is 2.09. The van der Waals surface area contributed by atoms with Crippen LogP contribution >= 0.6 is 11.6 Å². The molecule has 104 valence electrons. The lowest BCUT2D eigenvalue weighted by Crippen LogP contribution is -2.05. The summed E-state index contributed by atoms with van der Waals surface area (Å²) < 4.78 is 0. The van der Waals surface area contributed by atoms with Crippen LogP contribution in [0.25, 0.3) is 0 Å². The Morgan fingerprint density at radius 2 is 2.20 bits per heavy atom. The van der Waals surface area contributed by atoms with Crippen molar-refractivity contribution < 1.29 is 4.92 Å². The van der Waals surface area contributed by atoms with Gasteiger partial charge < -0.3 is 5.32 Å². The van der Waals surface area contributed by atoms with Gasteiger partial charge in [0.25, 0.3) is 5.69 Å². The average molecular weight is 293 g/mol. The highest BCUT2D eigenvalue weighted by atomic mass is 35.5. The summed E-state index contributed by atoms with van der Waals surface area (Å²) in [6.45, 7) is 2.39. The van der Waals surface area contributed by atoms with E-state index in [0.29, 0.717) is 23.9 Å². The van der Waals surface area contributed by atoms with Gasteiger partial charge in [0.2, 0.25) is 0 Å². The highest BCUT2D eigenvalue weighted by Crippen LogP contribution is 2.21. The lowest BCUT2D eigenvalue weighted by molar-refractivity contribution is -0.384. The maximum absolute atomic E-state index is 10.7. The van der Waals surface area contributed by atoms with Crippen molar-refractivity contribution in [3.63, 3.8) is 0 Å². The number of halogens is 1. The Labute approximate surface area is 121 Å². The average Bonchev–Trinajstić information content (AvgIpc) is 2.45. The molecule has 0 aliphatic rings. The Bertz CT molecular complexity index is 634. The Morgan fingerprint density at radius 3 is 2.90 bits per heavy atom. The van der Waals surface area contributed by atoms with Crippen LogP contribution in [0.2, 0.25) is 5.15 Å². The standard InChI is InChI=1S/C13H13ClN4O2/c1-2-11-12(14)16-8-17-13(11)15-7-9-4-3-5-10(6-9)18(19)20/h3-6,8H,2,7H2,1H3,(H,15,16,17). The summed E-state index contributed by atoms with van der Waals surface area (Å²) in [5.41, 5.74) is 1.70. The third-order valence-electron chi connectivity index (χ3n) is 2.83. The minimum absolute atomic E-state index is 0.0701. The molecule has 1 aromatic heterocycles. The first-order valence-electron chi connectivity index (χ1n) is 6.08. The predicted molar refractivity (Wildman–Crippen MR) is 76.8 cm³/mol. The van der Waals surface area contributed by atoms with Crippen molar-refractivity contribution in [1.29, 1.82) is 0 Å². The van der Waals surface area contributed by atoms with Gasteiger partial charge in [-0.15, -0.1) is 0 Å². The Balaban J connectivity index is 2.15. The van der Waals surface area contributed by atoms with Crippen LogP contribution in [-0.4, -0.2) is 14.9 Å². The fourth-order valence-electron chi connectivity index (χ4n) is 1.82. The summed E-state index contributed by atoms with van der Waals surface area (Å²) in [5, 5.41) is 14.3.